The van der Waals surface area contributed by atoms with Crippen molar-refractivity contribution in [2.45, 2.75) is 39.2 Å². The number of nitrogens with zero attached hydrogens (tertiary/aromatic N) is 6. The molecule has 3 heterocycles. The van der Waals surface area contributed by atoms with Crippen molar-refractivity contribution in [3.63, 3.8) is 0 Å². The summed E-state index contributed by atoms with van der Waals surface area (Å²) in [5, 5.41) is 4.43. The normalized spacial score (nSPS) is 16.3. The van der Waals surface area contributed by atoms with Crippen molar-refractivity contribution in [3.05, 3.63) is 59.4 Å². The molecule has 7 nitrogen and oxygen atoms in total. The van der Waals surface area contributed by atoms with Gasteiger partial charge in [-0.05, 0) is 50.5 Å². The second-order valence-electron chi connectivity index (χ2n) is 8.63. The quantitative estimate of drug-likeness (QED) is 0.612. The minimum Gasteiger partial charge on any atom is -0.347 e. The van der Waals surface area contributed by atoms with E-state index in [-0.39, 0.29) is 24.2 Å². The Labute approximate surface area is 187 Å². The molecule has 1 aliphatic heterocycles. The summed E-state index contributed by atoms with van der Waals surface area (Å²) in [4.78, 5) is 26.2. The molecule has 1 unspecified atom stereocenters. The molecular weight excluding hydrogens is 407 g/mol. The first kappa shape index (κ1) is 21.9. The van der Waals surface area contributed by atoms with E-state index in [1.54, 1.807) is 16.8 Å². The van der Waals surface area contributed by atoms with Crippen LogP contribution in [-0.2, 0) is 11.3 Å². The third-order valence-corrected chi connectivity index (χ3v) is 5.91. The zero-order valence-electron chi connectivity index (χ0n) is 19.0. The SMILES string of the molecule is Cc1cc(C)n(CC(=O)N2CCCC(c3nc(N(C)C)ncc3-c3ccc(F)cc3)C2)n1. The molecule has 0 radical (unpaired) electrons. The van der Waals surface area contributed by atoms with Crippen molar-refractivity contribution in [2.75, 3.05) is 32.1 Å². The van der Waals surface area contributed by atoms with Crippen LogP contribution in [0.3, 0.4) is 0 Å². The maximum atomic E-state index is 13.5. The maximum absolute atomic E-state index is 13.5. The summed E-state index contributed by atoms with van der Waals surface area (Å²) in [5.41, 5.74) is 4.55. The lowest BCUT2D eigenvalue weighted by molar-refractivity contribution is -0.133. The summed E-state index contributed by atoms with van der Waals surface area (Å²) in [6, 6.07) is 8.38. The Kier molecular flexibility index (Phi) is 6.21. The highest BCUT2D eigenvalue weighted by molar-refractivity contribution is 5.76. The Morgan fingerprint density at radius 3 is 2.62 bits per heavy atom. The van der Waals surface area contributed by atoms with Crippen molar-refractivity contribution in [1.29, 1.82) is 0 Å². The van der Waals surface area contributed by atoms with Crippen LogP contribution in [0.4, 0.5) is 10.3 Å². The van der Waals surface area contributed by atoms with Gasteiger partial charge in [0.15, 0.2) is 0 Å². The molecule has 32 heavy (non-hydrogen) atoms. The molecule has 4 rings (SSSR count). The first-order valence-electron chi connectivity index (χ1n) is 10.9. The molecule has 0 aliphatic carbocycles. The van der Waals surface area contributed by atoms with Gasteiger partial charge in [-0.25, -0.2) is 14.4 Å². The number of hydrogen-bond acceptors (Lipinski definition) is 5. The van der Waals surface area contributed by atoms with Crippen LogP contribution in [0.5, 0.6) is 0 Å². The van der Waals surface area contributed by atoms with Crippen LogP contribution in [0, 0.1) is 19.7 Å². The number of halogens is 1. The molecule has 8 heteroatoms. The number of hydrogen-bond donors (Lipinski definition) is 0. The summed E-state index contributed by atoms with van der Waals surface area (Å²) in [5.74, 6) is 0.484. The molecule has 1 aromatic carbocycles. The molecule has 0 spiro atoms. The lowest BCUT2D eigenvalue weighted by Crippen LogP contribution is -2.41. The Morgan fingerprint density at radius 1 is 1.22 bits per heavy atom. The second-order valence-corrected chi connectivity index (χ2v) is 8.63. The van der Waals surface area contributed by atoms with Gasteiger partial charge in [-0.15, -0.1) is 0 Å². The fourth-order valence-electron chi connectivity index (χ4n) is 4.25. The minimum atomic E-state index is -0.278. The average Bonchev–Trinajstić information content (AvgIpc) is 3.10. The summed E-state index contributed by atoms with van der Waals surface area (Å²) in [7, 11) is 3.81. The Bertz CT molecular complexity index is 1110. The number of carbonyl (C=O) groups excluding carboxylic acids is 1. The number of piperidine rings is 1. The van der Waals surface area contributed by atoms with Gasteiger partial charge in [0.25, 0.3) is 0 Å². The van der Waals surface area contributed by atoms with Gasteiger partial charge >= 0.3 is 0 Å². The third-order valence-electron chi connectivity index (χ3n) is 5.91. The molecule has 1 amide bonds. The smallest absolute Gasteiger partial charge is 0.244 e. The van der Waals surface area contributed by atoms with Gasteiger partial charge in [-0.1, -0.05) is 12.1 Å². The van der Waals surface area contributed by atoms with E-state index in [0.717, 1.165) is 47.6 Å². The van der Waals surface area contributed by atoms with Crippen LogP contribution >= 0.6 is 0 Å². The van der Waals surface area contributed by atoms with E-state index in [1.165, 1.54) is 12.1 Å². The fourth-order valence-corrected chi connectivity index (χ4v) is 4.25. The topological polar surface area (TPSA) is 67.2 Å². The molecule has 0 N–H and O–H groups in total. The molecule has 3 aromatic rings. The van der Waals surface area contributed by atoms with E-state index in [4.69, 9.17) is 4.98 Å². The highest BCUT2D eigenvalue weighted by atomic mass is 19.1. The van der Waals surface area contributed by atoms with E-state index in [1.807, 2.05) is 50.0 Å². The summed E-state index contributed by atoms with van der Waals surface area (Å²) in [6.45, 7) is 5.45. The van der Waals surface area contributed by atoms with Crippen LogP contribution in [0.25, 0.3) is 11.1 Å². The molecular formula is C24H29FN6O. The third kappa shape index (κ3) is 4.64. The first-order chi connectivity index (χ1) is 15.3. The first-order valence-corrected chi connectivity index (χ1v) is 10.9. The van der Waals surface area contributed by atoms with Crippen LogP contribution in [0.15, 0.2) is 36.5 Å². The standard InChI is InChI=1S/C24H29FN6O/c1-16-12-17(2)31(28-16)15-22(32)30-11-5-6-19(14-30)23-21(13-26-24(27-23)29(3)4)18-7-9-20(25)10-8-18/h7-10,12-13,19H,5-6,11,14-15H2,1-4H3. The van der Waals surface area contributed by atoms with Crippen molar-refractivity contribution in [3.8, 4) is 11.1 Å². The molecule has 0 bridgehead atoms. The van der Waals surface area contributed by atoms with Crippen molar-refractivity contribution < 1.29 is 9.18 Å². The van der Waals surface area contributed by atoms with Gasteiger partial charge in [0.1, 0.15) is 12.4 Å². The molecule has 168 valence electrons. The number of amides is 1. The largest absolute Gasteiger partial charge is 0.347 e. The van der Waals surface area contributed by atoms with Gasteiger partial charge in [0.05, 0.1) is 11.4 Å². The number of anilines is 1. The number of rotatable bonds is 5. The predicted molar refractivity (Wildman–Crippen MR) is 122 cm³/mol. The number of carbonyl (C=O) groups is 1. The van der Waals surface area contributed by atoms with Crippen molar-refractivity contribution >= 4 is 11.9 Å². The van der Waals surface area contributed by atoms with E-state index >= 15 is 0 Å². The molecule has 2 aromatic heterocycles. The fraction of sp³-hybridized carbons (Fsp3) is 0.417. The number of likely N-dealkylation sites (tertiary alicyclic amines) is 1. The second kappa shape index (κ2) is 9.06. The molecule has 0 saturated carbocycles. The van der Waals surface area contributed by atoms with E-state index in [2.05, 4.69) is 10.1 Å². The lowest BCUT2D eigenvalue weighted by atomic mass is 9.90. The minimum absolute atomic E-state index is 0.0612. The number of benzene rings is 1. The zero-order chi connectivity index (χ0) is 22.8. The molecule has 1 atom stereocenters. The van der Waals surface area contributed by atoms with Crippen LogP contribution < -0.4 is 4.90 Å². The number of aromatic nitrogens is 4. The van der Waals surface area contributed by atoms with Crippen molar-refractivity contribution in [2.24, 2.45) is 0 Å². The highest BCUT2D eigenvalue weighted by Crippen LogP contribution is 2.34. The van der Waals surface area contributed by atoms with Crippen LogP contribution in [0.1, 0.15) is 35.8 Å². The van der Waals surface area contributed by atoms with E-state index in [0.29, 0.717) is 12.5 Å². The lowest BCUT2D eigenvalue weighted by Gasteiger charge is -2.33. The predicted octanol–water partition coefficient (Wildman–Crippen LogP) is 3.57. The molecule has 1 saturated heterocycles. The van der Waals surface area contributed by atoms with Crippen molar-refractivity contribution in [1.82, 2.24) is 24.6 Å². The molecule has 1 fully saturated rings. The number of aryl methyl sites for hydroxylation is 2. The Balaban J connectivity index is 1.61. The zero-order valence-corrected chi connectivity index (χ0v) is 19.0. The van der Waals surface area contributed by atoms with E-state index in [9.17, 15) is 9.18 Å². The van der Waals surface area contributed by atoms with Gasteiger partial charge in [0, 0.05) is 50.6 Å². The van der Waals surface area contributed by atoms with Gasteiger partial charge < -0.3 is 9.80 Å². The van der Waals surface area contributed by atoms with Gasteiger partial charge in [-0.2, -0.15) is 5.10 Å². The Hall–Kier alpha value is -3.29. The summed E-state index contributed by atoms with van der Waals surface area (Å²) in [6.07, 6.45) is 3.64. The summed E-state index contributed by atoms with van der Waals surface area (Å²) >= 11 is 0. The van der Waals surface area contributed by atoms with Crippen LogP contribution in [0.2, 0.25) is 0 Å². The molecule has 1 aliphatic rings. The average molecular weight is 437 g/mol. The van der Waals surface area contributed by atoms with Crippen LogP contribution in [-0.4, -0.2) is 57.7 Å². The van der Waals surface area contributed by atoms with E-state index < -0.39 is 0 Å². The monoisotopic (exact) mass is 436 g/mol. The summed E-state index contributed by atoms with van der Waals surface area (Å²) < 4.78 is 15.3. The van der Waals surface area contributed by atoms with Gasteiger partial charge in [0.2, 0.25) is 11.9 Å². The Morgan fingerprint density at radius 2 is 1.97 bits per heavy atom. The highest BCUT2D eigenvalue weighted by Gasteiger charge is 2.28. The van der Waals surface area contributed by atoms with Gasteiger partial charge in [-0.3, -0.25) is 9.48 Å². The maximum Gasteiger partial charge on any atom is 0.244 e.